The Kier molecular flexibility index (Phi) is 34.3. The van der Waals surface area contributed by atoms with Gasteiger partial charge in [0, 0.05) is 152 Å². The molecule has 15 nitrogen and oxygen atoms in total. The second-order valence-corrected chi connectivity index (χ2v) is 42.2. The third kappa shape index (κ3) is 30.0. The number of hydrogen-bond acceptors (Lipinski definition) is 16. The number of nitrogens with zero attached hydrogens (tertiary/aromatic N) is 4. The molecule has 114 heavy (non-hydrogen) atoms. The first-order valence-corrected chi connectivity index (χ1v) is 43.4. The first-order chi connectivity index (χ1) is 52.5. The molecule has 0 spiro atoms. The molecular weight excluding hydrogens is 1770 g/mol. The van der Waals surface area contributed by atoms with Gasteiger partial charge in [-0.05, 0) is 270 Å². The number of nitrogens with two attached hydrogens (primary N) is 1. The number of pyridine rings is 4. The second-order valence-electron chi connectivity index (χ2n) is 34.1. The Hall–Kier alpha value is -6.29. The number of carbonyl (C=O) groups is 3. The number of aromatic nitrogens is 4. The van der Waals surface area contributed by atoms with Crippen LogP contribution in [0.3, 0.4) is 0 Å². The standard InChI is InChI=1S/C24H27ClN2OS.C20H18ClNO2S.C15H24BNO2.C13H14BrNS.C7H6BClO4.C4H2Br2S.C4H11N/c1-23(2,3)21-13-15(9-10-26-21)20-12-17(14-29-20)18-8-7-16(11-19(18)25)22(28)27-24(4,5)6;1-20(2,3)18-10-12(6-7-22-18)17-9-14(11-25-17)15-5-4-13(19(23)24)8-16(15)21;1-13(2,3)12-10-11(8-9-17-12)16-18-14(4,5)15(6,7)19-16;1-13(2,3)12-6-9(4-5-15-12)11-7-10(14)8-16-11;9-6-3-4(7(10)11)1-2-5(6)8(12)13;5-3-1-4(6)7-2-3;1-4(2,3)5/h7-14H,1-6H3,(H,27,28);4-11H,1-3H3,(H,23,24);8-10H,1-7H3;4-8H,1-3H3;1-3,12-13H,(H,10,11);1-2H;5H2,1-3H3. The average molecular weight is 1870 g/mol. The number of carboxylic acid groups (broad SMARTS) is 2. The monoisotopic (exact) mass is 1870 g/mol. The van der Waals surface area contributed by atoms with Crippen molar-refractivity contribution in [1.82, 2.24) is 25.3 Å². The molecule has 0 aliphatic carbocycles. The van der Waals surface area contributed by atoms with Crippen molar-refractivity contribution in [3.05, 3.63) is 241 Å². The number of nitrogens with one attached hydrogen (secondary N) is 1. The van der Waals surface area contributed by atoms with Crippen molar-refractivity contribution in [2.75, 3.05) is 0 Å². The van der Waals surface area contributed by atoms with E-state index in [0.29, 0.717) is 15.6 Å². The minimum Gasteiger partial charge on any atom is -0.478 e. The van der Waals surface area contributed by atoms with Crippen molar-refractivity contribution in [3.63, 3.8) is 0 Å². The number of thiophene rings is 4. The van der Waals surface area contributed by atoms with Crippen LogP contribution < -0.4 is 22.0 Å². The smallest absolute Gasteiger partial charge is 0.478 e. The van der Waals surface area contributed by atoms with Crippen LogP contribution in [0.15, 0.2) is 186 Å². The maximum absolute atomic E-state index is 12.4. The van der Waals surface area contributed by atoms with Gasteiger partial charge in [-0.2, -0.15) is 0 Å². The van der Waals surface area contributed by atoms with E-state index in [0.717, 1.165) is 75.4 Å². The maximum Gasteiger partial charge on any atom is 0.494 e. The Morgan fingerprint density at radius 2 is 0.789 bits per heavy atom. The van der Waals surface area contributed by atoms with Gasteiger partial charge in [0.05, 0.1) is 26.1 Å². The van der Waals surface area contributed by atoms with Crippen LogP contribution in [0, 0.1) is 0 Å². The zero-order valence-electron chi connectivity index (χ0n) is 68.5. The third-order valence-corrected chi connectivity index (χ3v) is 23.8. The highest BCUT2D eigenvalue weighted by molar-refractivity contribution is 9.11. The molecule has 1 aliphatic heterocycles. The summed E-state index contributed by atoms with van der Waals surface area (Å²) in [5.74, 6) is -2.21. The number of hydrogen-bond donors (Lipinski definition) is 6. The largest absolute Gasteiger partial charge is 0.494 e. The summed E-state index contributed by atoms with van der Waals surface area (Å²) < 4.78 is 15.6. The van der Waals surface area contributed by atoms with E-state index >= 15 is 0 Å². The zero-order valence-corrected chi connectivity index (χ0v) is 78.8. The van der Waals surface area contributed by atoms with Gasteiger partial charge in [-0.25, -0.2) is 9.59 Å². The fourth-order valence-corrected chi connectivity index (χ4v) is 16.1. The van der Waals surface area contributed by atoms with E-state index < -0.39 is 19.1 Å². The van der Waals surface area contributed by atoms with Gasteiger partial charge >= 0.3 is 26.2 Å². The molecular formula is C87H102B2Br3Cl3N6O9S4. The first-order valence-electron chi connectivity index (χ1n) is 36.4. The summed E-state index contributed by atoms with van der Waals surface area (Å²) in [5.41, 5.74) is 18.1. The molecule has 0 radical (unpaired) electrons. The van der Waals surface area contributed by atoms with Crippen LogP contribution in [-0.4, -0.2) is 94.6 Å². The molecule has 3 aromatic carbocycles. The van der Waals surface area contributed by atoms with Crippen LogP contribution in [0.1, 0.15) is 206 Å². The maximum atomic E-state index is 12.4. The molecule has 1 aliphatic rings. The summed E-state index contributed by atoms with van der Waals surface area (Å²) in [7, 11) is -2.00. The number of halogens is 6. The van der Waals surface area contributed by atoms with Crippen molar-refractivity contribution >= 4 is 171 Å². The predicted octanol–water partition coefficient (Wildman–Crippen LogP) is 24.4. The fourth-order valence-electron chi connectivity index (χ4n) is 10.0. The van der Waals surface area contributed by atoms with E-state index in [1.807, 2.05) is 113 Å². The van der Waals surface area contributed by atoms with Crippen molar-refractivity contribution < 1.29 is 44.0 Å². The van der Waals surface area contributed by atoms with Crippen molar-refractivity contribution in [1.29, 1.82) is 0 Å². The molecule has 27 heteroatoms. The predicted molar refractivity (Wildman–Crippen MR) is 492 cm³/mol. The quantitative estimate of drug-likeness (QED) is 0.0698. The third-order valence-electron chi connectivity index (χ3n) is 16.9. The SMILES string of the molecule is Brc1csc(Br)c1.CC(C)(C)N.CC(C)(C)NC(=O)c1ccc(-c2csc(-c3ccnc(C(C)(C)C)c3)c2)c(Cl)c1.CC(C)(C)c1cc(-c2cc(-c3ccc(C(=O)O)cc3Cl)cs2)ccn1.CC(C)(C)c1cc(-c2cc(Br)cs2)ccn1.CC(C)(C)c1cc(B2OC(C)(C)C(C)(C)O2)ccn1.O=C(O)c1ccc(B(O)O)c(Cl)c1. The van der Waals surface area contributed by atoms with E-state index in [4.69, 9.17) is 70.1 Å². The molecule has 12 rings (SSSR count). The van der Waals surface area contributed by atoms with Gasteiger partial charge < -0.3 is 40.6 Å². The lowest BCUT2D eigenvalue weighted by Crippen LogP contribution is -2.41. The number of carbonyl (C=O) groups excluding carboxylic acids is 1. The zero-order chi connectivity index (χ0) is 85.6. The first kappa shape index (κ1) is 96.5. The normalized spacial score (nSPS) is 13.1. The summed E-state index contributed by atoms with van der Waals surface area (Å²) in [6, 6.07) is 38.9. The average Bonchev–Trinajstić information content (AvgIpc) is 1.62. The topological polar surface area (TPSA) is 240 Å². The van der Waals surface area contributed by atoms with Crippen LogP contribution in [0.25, 0.3) is 53.6 Å². The van der Waals surface area contributed by atoms with Gasteiger partial charge in [-0.15, -0.1) is 45.3 Å². The summed E-state index contributed by atoms with van der Waals surface area (Å²) in [6.07, 6.45) is 7.43. The number of rotatable bonds is 10. The highest BCUT2D eigenvalue weighted by Gasteiger charge is 2.52. The van der Waals surface area contributed by atoms with Gasteiger partial charge in [0.1, 0.15) is 0 Å². The summed E-state index contributed by atoms with van der Waals surface area (Å²) >= 11 is 35.2. The molecule has 1 saturated heterocycles. The van der Waals surface area contributed by atoms with Crippen molar-refractivity contribution in [2.45, 2.75) is 196 Å². The Balaban J connectivity index is 0.000000218. The van der Waals surface area contributed by atoms with Gasteiger partial charge in [0.2, 0.25) is 0 Å². The van der Waals surface area contributed by atoms with Crippen LogP contribution in [-0.2, 0) is 31.0 Å². The molecule has 0 saturated carbocycles. The molecule has 0 atom stereocenters. The Bertz CT molecular complexity index is 5050. The van der Waals surface area contributed by atoms with E-state index in [1.165, 1.54) is 43.4 Å². The van der Waals surface area contributed by atoms with Crippen molar-refractivity contribution in [3.8, 4) is 53.6 Å². The van der Waals surface area contributed by atoms with E-state index in [1.54, 1.807) is 63.5 Å². The van der Waals surface area contributed by atoms with Gasteiger partial charge in [-0.1, -0.05) is 136 Å². The lowest BCUT2D eigenvalue weighted by Gasteiger charge is -2.32. The van der Waals surface area contributed by atoms with Gasteiger partial charge in [0.25, 0.3) is 5.91 Å². The summed E-state index contributed by atoms with van der Waals surface area (Å²) in [5, 5.41) is 47.4. The second kappa shape index (κ2) is 40.4. The number of benzene rings is 3. The molecule has 0 bridgehead atoms. The Labute approximate surface area is 730 Å². The van der Waals surface area contributed by atoms with Crippen LogP contribution >= 0.6 is 128 Å². The lowest BCUT2D eigenvalue weighted by atomic mass is 9.77. The fraction of sp³-hybridized carbons (Fsp3) is 0.345. The van der Waals surface area contributed by atoms with E-state index in [9.17, 15) is 14.4 Å². The molecule has 1 amide bonds. The number of carboxylic acids is 2. The molecule has 1 fully saturated rings. The molecule has 0 unspecified atom stereocenters. The van der Waals surface area contributed by atoms with Crippen LogP contribution in [0.5, 0.6) is 0 Å². The van der Waals surface area contributed by atoms with Crippen molar-refractivity contribution in [2.24, 2.45) is 5.73 Å². The lowest BCUT2D eigenvalue weighted by molar-refractivity contribution is 0.00578. The van der Waals surface area contributed by atoms with Gasteiger partial charge in [0.15, 0.2) is 0 Å². The molecule has 11 aromatic rings. The number of aromatic carboxylic acids is 2. The minimum absolute atomic E-state index is 0. The number of amides is 1. The molecule has 9 heterocycles. The molecule has 8 aromatic heterocycles. The van der Waals surface area contributed by atoms with Crippen LogP contribution in [0.4, 0.5) is 0 Å². The van der Waals surface area contributed by atoms with Crippen LogP contribution in [0.2, 0.25) is 15.1 Å². The minimum atomic E-state index is -1.68. The highest BCUT2D eigenvalue weighted by atomic mass is 79.9. The van der Waals surface area contributed by atoms with E-state index in [2.05, 4.69) is 243 Å². The molecule has 7 N–H and O–H groups in total. The van der Waals surface area contributed by atoms with Gasteiger partial charge in [-0.3, -0.25) is 24.7 Å². The highest BCUT2D eigenvalue weighted by Crippen LogP contribution is 2.41. The summed E-state index contributed by atoms with van der Waals surface area (Å²) in [4.78, 5) is 55.3. The Morgan fingerprint density at radius 1 is 0.447 bits per heavy atom. The molecule has 606 valence electrons. The Morgan fingerprint density at radius 3 is 1.11 bits per heavy atom. The van der Waals surface area contributed by atoms with E-state index in [-0.39, 0.29) is 78.6 Å². The summed E-state index contributed by atoms with van der Waals surface area (Å²) in [6.45, 7) is 46.0.